The Hall–Kier alpha value is -0.860. The highest BCUT2D eigenvalue weighted by atomic mass is 16.3. The van der Waals surface area contributed by atoms with Crippen molar-refractivity contribution in [3.63, 3.8) is 0 Å². The van der Waals surface area contributed by atoms with Gasteiger partial charge in [-0.1, -0.05) is 0 Å². The second kappa shape index (κ2) is 6.83. The molecule has 1 N–H and O–H groups in total. The van der Waals surface area contributed by atoms with E-state index in [0.717, 1.165) is 25.8 Å². The molecule has 0 aromatic heterocycles. The fourth-order valence-electron chi connectivity index (χ4n) is 0.883. The second-order valence-electron chi connectivity index (χ2n) is 3.12. The first kappa shape index (κ1) is 11.1. The highest BCUT2D eigenvalue weighted by molar-refractivity contribution is 5.72. The van der Waals surface area contributed by atoms with Crippen molar-refractivity contribution in [2.24, 2.45) is 0 Å². The molecule has 3 heteroatoms. The van der Waals surface area contributed by atoms with Crippen molar-refractivity contribution < 1.29 is 9.37 Å². The maximum absolute atomic E-state index is 10.5. The SMILES string of the molecule is C[13C](=O)[15NH][13CH2]CCCC=[15N+]([13CH3])[13CH3]. The molecule has 0 bridgehead atoms. The molecule has 0 rings (SSSR count). The molecule has 0 aromatic carbocycles. The molecule has 0 atom stereocenters. The van der Waals surface area contributed by atoms with Crippen molar-refractivity contribution in [3.8, 4) is 0 Å². The minimum atomic E-state index is 0.0617. The van der Waals surface area contributed by atoms with E-state index < -0.39 is 0 Å². The van der Waals surface area contributed by atoms with Crippen molar-refractivity contribution in [1.82, 2.24) is 5.32 Å². The number of rotatable bonds is 5. The van der Waals surface area contributed by atoms with Crippen LogP contribution in [0.2, 0.25) is 0 Å². The Bertz CT molecular complexity index is 160. The molecule has 12 heavy (non-hydrogen) atoms. The normalized spacial score (nSPS) is 9.25. The standard InChI is InChI=1S/C9H18N2O/c1-9(12)10-7-5-4-6-8-11(2)3/h8H,4-7H2,1-3H3/p+1/i2+1,3+1,7+1,9+1,10+1,11+1. The average molecular weight is 177 g/mol. The topological polar surface area (TPSA) is 32.1 Å². The summed E-state index contributed by atoms with van der Waals surface area (Å²) in [6.45, 7) is 2.35. The number of nitrogens with zero attached hydrogens (tertiary/aromatic N) is 1. The van der Waals surface area contributed by atoms with Crippen LogP contribution in [0.1, 0.15) is 26.2 Å². The molecule has 0 aliphatic heterocycles. The maximum atomic E-state index is 10.5. The molecule has 3 nitrogen and oxygen atoms in total. The van der Waals surface area contributed by atoms with Gasteiger partial charge in [0, 0.05) is 19.9 Å². The summed E-state index contributed by atoms with van der Waals surface area (Å²) in [5.41, 5.74) is 0. The van der Waals surface area contributed by atoms with Gasteiger partial charge in [-0.05, 0) is 12.8 Å². The molecule has 0 fully saturated rings. The van der Waals surface area contributed by atoms with E-state index >= 15 is 0 Å². The lowest BCUT2D eigenvalue weighted by atomic mass is 10.3. The Morgan fingerprint density at radius 3 is 2.58 bits per heavy atom. The Balaban J connectivity index is 3.11. The predicted molar refractivity (Wildman–Crippen MR) is 50.7 cm³/mol. The average Bonchev–Trinajstić information content (AvgIpc) is 1.95. The van der Waals surface area contributed by atoms with E-state index in [9.17, 15) is 4.79 Å². The number of hydrogen-bond donors (Lipinski definition) is 1. The lowest BCUT2D eigenvalue weighted by molar-refractivity contribution is -0.460. The third-order valence-corrected chi connectivity index (χ3v) is 1.50. The van der Waals surface area contributed by atoms with Crippen molar-refractivity contribution in [2.45, 2.75) is 26.2 Å². The summed E-state index contributed by atoms with van der Waals surface area (Å²) in [6, 6.07) is 0. The molecule has 0 saturated heterocycles. The van der Waals surface area contributed by atoms with Gasteiger partial charge in [-0.2, -0.15) is 0 Å². The monoisotopic (exact) mass is 177 g/mol. The zero-order chi connectivity index (χ0) is 9.40. The third-order valence-electron chi connectivity index (χ3n) is 1.50. The van der Waals surface area contributed by atoms with E-state index in [4.69, 9.17) is 0 Å². The molecular weight excluding hydrogens is 158 g/mol. The minimum absolute atomic E-state index is 0.0617. The minimum Gasteiger partial charge on any atom is -0.356 e. The van der Waals surface area contributed by atoms with E-state index in [-0.39, 0.29) is 5.91 Å². The first-order valence-corrected chi connectivity index (χ1v) is 4.37. The van der Waals surface area contributed by atoms with Crippen LogP contribution < -0.4 is 5.32 Å². The van der Waals surface area contributed by atoms with E-state index in [1.807, 2.05) is 14.1 Å². The number of carbonyl (C=O) groups excluding carboxylic acids is 1. The highest BCUT2D eigenvalue weighted by Crippen LogP contribution is 1.90. The van der Waals surface area contributed by atoms with Gasteiger partial charge in [0.15, 0.2) is 0 Å². The van der Waals surface area contributed by atoms with Gasteiger partial charge in [0.2, 0.25) is 5.91 Å². The van der Waals surface area contributed by atoms with Crippen molar-refractivity contribution in [1.29, 1.82) is 0 Å². The lowest BCUT2D eigenvalue weighted by Crippen LogP contribution is -2.20. The zero-order valence-corrected chi connectivity index (χ0v) is 8.26. The molecule has 0 aliphatic carbocycles. The van der Waals surface area contributed by atoms with E-state index in [2.05, 4.69) is 16.1 Å². The molecule has 0 heterocycles. The molecule has 0 unspecified atom stereocenters. The van der Waals surface area contributed by atoms with Crippen LogP contribution in [0.25, 0.3) is 0 Å². The van der Waals surface area contributed by atoms with Crippen molar-refractivity contribution in [2.75, 3.05) is 20.6 Å². The molecule has 70 valence electrons. The molecular formula is C9H19N2O+. The van der Waals surface area contributed by atoms with Crippen LogP contribution in [0.3, 0.4) is 0 Å². The van der Waals surface area contributed by atoms with E-state index in [0.29, 0.717) is 0 Å². The van der Waals surface area contributed by atoms with Crippen LogP contribution in [0, 0.1) is 0 Å². The smallest absolute Gasteiger partial charge is 0.216 e. The summed E-state index contributed by atoms with van der Waals surface area (Å²) in [4.78, 5) is 10.5. The quantitative estimate of drug-likeness (QED) is 0.216. The summed E-state index contributed by atoms with van der Waals surface area (Å²) in [6.07, 6.45) is 5.43. The molecule has 0 aromatic rings. The second-order valence-corrected chi connectivity index (χ2v) is 3.12. The van der Waals surface area contributed by atoms with Gasteiger partial charge in [-0.3, -0.25) is 4.79 Å². The summed E-state index contributed by atoms with van der Waals surface area (Å²) in [5.74, 6) is 0.0617. The first-order valence-electron chi connectivity index (χ1n) is 4.37. The first-order chi connectivity index (χ1) is 5.63. The Morgan fingerprint density at radius 1 is 1.42 bits per heavy atom. The van der Waals surface area contributed by atoms with Crippen LogP contribution in [-0.2, 0) is 4.79 Å². The lowest BCUT2D eigenvalue weighted by Gasteiger charge is -1.98. The third kappa shape index (κ3) is 9.14. The molecule has 0 aliphatic rings. The van der Waals surface area contributed by atoms with Gasteiger partial charge >= 0.3 is 0 Å². The van der Waals surface area contributed by atoms with Gasteiger partial charge in [-0.15, -0.1) is 0 Å². The van der Waals surface area contributed by atoms with Crippen LogP contribution in [0.4, 0.5) is 0 Å². The maximum Gasteiger partial charge on any atom is 0.216 e. The van der Waals surface area contributed by atoms with Crippen LogP contribution in [0.5, 0.6) is 0 Å². The number of amides is 1. The number of unbranched alkanes of at least 4 members (excludes halogenated alkanes) is 2. The van der Waals surface area contributed by atoms with Gasteiger partial charge in [0.25, 0.3) is 0 Å². The van der Waals surface area contributed by atoms with E-state index in [1.165, 1.54) is 0 Å². The van der Waals surface area contributed by atoms with Gasteiger partial charge in [0.1, 0.15) is 20.3 Å². The summed E-state index contributed by atoms with van der Waals surface area (Å²) in [7, 11) is 4.04. The van der Waals surface area contributed by atoms with Crippen LogP contribution in [0.15, 0.2) is 0 Å². The molecule has 0 saturated carbocycles. The predicted octanol–water partition coefficient (Wildman–Crippen LogP) is 0.636. The highest BCUT2D eigenvalue weighted by Gasteiger charge is 1.91. The van der Waals surface area contributed by atoms with Gasteiger partial charge < -0.3 is 5.32 Å². The van der Waals surface area contributed by atoms with Crippen molar-refractivity contribution in [3.05, 3.63) is 0 Å². The van der Waals surface area contributed by atoms with Gasteiger partial charge in [-0.25, -0.2) is 4.58 Å². The Morgan fingerprint density at radius 2 is 2.08 bits per heavy atom. The Labute approximate surface area is 74.5 Å². The number of nitrogens with one attached hydrogen (secondary N) is 1. The Kier molecular flexibility index (Phi) is 6.34. The molecule has 0 radical (unpaired) electrons. The number of carbonyl (C=O) groups is 1. The van der Waals surface area contributed by atoms with Crippen molar-refractivity contribution >= 4 is 12.1 Å². The number of hydrogen-bond acceptors (Lipinski definition) is 1. The zero-order valence-electron chi connectivity index (χ0n) is 8.26. The molecule has 0 spiro atoms. The van der Waals surface area contributed by atoms with Gasteiger partial charge in [0.05, 0.1) is 0 Å². The summed E-state index contributed by atoms with van der Waals surface area (Å²) >= 11 is 0. The summed E-state index contributed by atoms with van der Waals surface area (Å²) in [5, 5.41) is 2.77. The van der Waals surface area contributed by atoms with Crippen LogP contribution in [-0.4, -0.2) is 37.3 Å². The fourth-order valence-corrected chi connectivity index (χ4v) is 0.883. The van der Waals surface area contributed by atoms with E-state index in [1.54, 1.807) is 6.92 Å². The fraction of sp³-hybridized carbons (Fsp3) is 0.778. The largest absolute Gasteiger partial charge is 0.356 e. The summed E-state index contributed by atoms with van der Waals surface area (Å²) < 4.78 is 2.05. The molecule has 1 amide bonds. The van der Waals surface area contributed by atoms with Crippen LogP contribution >= 0.6 is 0 Å².